The molecular formula is C14H11ClFNO4. The van der Waals surface area contributed by atoms with Crippen molar-refractivity contribution in [2.75, 3.05) is 0 Å². The maximum atomic E-state index is 12.9. The zero-order valence-corrected chi connectivity index (χ0v) is 11.7. The number of carboxylic acids is 1. The smallest absolute Gasteiger partial charge is 0.344 e. The Hall–Kier alpha value is -2.34. The molecule has 1 heterocycles. The molecule has 0 aliphatic rings. The molecule has 2 rings (SSSR count). The second kappa shape index (κ2) is 6.41. The topological polar surface area (TPSA) is 68.7 Å². The lowest BCUT2D eigenvalue weighted by atomic mass is 10.3. The molecule has 0 aliphatic heterocycles. The van der Waals surface area contributed by atoms with Gasteiger partial charge in [0.2, 0.25) is 5.88 Å². The van der Waals surface area contributed by atoms with E-state index in [-0.39, 0.29) is 10.9 Å². The molecule has 110 valence electrons. The number of hydrogen-bond acceptors (Lipinski definition) is 4. The standard InChI is InChI=1S/C14H11ClFNO4/c1-8(14(18)19)20-10-2-4-11(5-3-10)21-13-12(15)6-9(16)7-17-13/h2-8H,1H3,(H,18,19). The zero-order valence-electron chi connectivity index (χ0n) is 10.9. The van der Waals surface area contributed by atoms with Crippen LogP contribution in [0.15, 0.2) is 36.5 Å². The van der Waals surface area contributed by atoms with Gasteiger partial charge in [-0.2, -0.15) is 0 Å². The monoisotopic (exact) mass is 311 g/mol. The summed E-state index contributed by atoms with van der Waals surface area (Å²) in [6.07, 6.45) is 0.0396. The number of aromatic nitrogens is 1. The third-order valence-electron chi connectivity index (χ3n) is 2.47. The van der Waals surface area contributed by atoms with E-state index in [0.29, 0.717) is 11.5 Å². The van der Waals surface area contributed by atoms with Crippen molar-refractivity contribution in [2.45, 2.75) is 13.0 Å². The van der Waals surface area contributed by atoms with Gasteiger partial charge in [0.05, 0.1) is 6.20 Å². The Balaban J connectivity index is 2.07. The number of pyridine rings is 1. The Bertz CT molecular complexity index is 648. The summed E-state index contributed by atoms with van der Waals surface area (Å²) in [7, 11) is 0. The van der Waals surface area contributed by atoms with E-state index < -0.39 is 17.9 Å². The average molecular weight is 312 g/mol. The minimum absolute atomic E-state index is 0.0508. The number of halogens is 2. The summed E-state index contributed by atoms with van der Waals surface area (Å²) in [4.78, 5) is 14.4. The van der Waals surface area contributed by atoms with Crippen LogP contribution in [0.25, 0.3) is 0 Å². The second-order valence-electron chi connectivity index (χ2n) is 4.11. The van der Waals surface area contributed by atoms with Gasteiger partial charge >= 0.3 is 5.97 Å². The van der Waals surface area contributed by atoms with Crippen molar-refractivity contribution >= 4 is 17.6 Å². The van der Waals surface area contributed by atoms with Crippen LogP contribution in [0.2, 0.25) is 5.02 Å². The van der Waals surface area contributed by atoms with Gasteiger partial charge in [-0.15, -0.1) is 0 Å². The molecule has 0 bridgehead atoms. The fourth-order valence-electron chi connectivity index (χ4n) is 1.43. The van der Waals surface area contributed by atoms with E-state index in [1.807, 2.05) is 0 Å². The van der Waals surface area contributed by atoms with Gasteiger partial charge in [-0.25, -0.2) is 14.2 Å². The molecule has 0 aliphatic carbocycles. The molecule has 0 amide bonds. The summed E-state index contributed by atoms with van der Waals surface area (Å²) in [5, 5.41) is 8.79. The summed E-state index contributed by atoms with van der Waals surface area (Å²) in [6, 6.07) is 7.31. The number of benzene rings is 1. The van der Waals surface area contributed by atoms with Gasteiger partial charge in [0, 0.05) is 0 Å². The third kappa shape index (κ3) is 4.06. The van der Waals surface area contributed by atoms with Crippen molar-refractivity contribution in [1.29, 1.82) is 0 Å². The number of carboxylic acid groups (broad SMARTS) is 1. The van der Waals surface area contributed by atoms with Gasteiger partial charge in [-0.3, -0.25) is 0 Å². The summed E-state index contributed by atoms with van der Waals surface area (Å²) in [5.74, 6) is -0.747. The lowest BCUT2D eigenvalue weighted by molar-refractivity contribution is -0.144. The maximum absolute atomic E-state index is 12.9. The Morgan fingerprint density at radius 2 is 1.95 bits per heavy atom. The van der Waals surface area contributed by atoms with E-state index in [9.17, 15) is 9.18 Å². The Labute approximate surface area is 124 Å². The number of ether oxygens (including phenoxy) is 2. The fourth-order valence-corrected chi connectivity index (χ4v) is 1.62. The number of rotatable bonds is 5. The van der Waals surface area contributed by atoms with Gasteiger partial charge in [-0.1, -0.05) is 11.6 Å². The predicted octanol–water partition coefficient (Wildman–Crippen LogP) is 3.52. The van der Waals surface area contributed by atoms with Crippen LogP contribution < -0.4 is 9.47 Å². The zero-order chi connectivity index (χ0) is 15.4. The van der Waals surface area contributed by atoms with Crippen LogP contribution in [0.4, 0.5) is 4.39 Å². The van der Waals surface area contributed by atoms with Crippen LogP contribution in [0.1, 0.15) is 6.92 Å². The Morgan fingerprint density at radius 3 is 2.52 bits per heavy atom. The number of aliphatic carboxylic acids is 1. The lowest BCUT2D eigenvalue weighted by Crippen LogP contribution is -2.22. The van der Waals surface area contributed by atoms with Gasteiger partial charge < -0.3 is 14.6 Å². The molecule has 0 saturated heterocycles. The number of hydrogen-bond donors (Lipinski definition) is 1. The summed E-state index contributed by atoms with van der Waals surface area (Å²) >= 11 is 5.80. The highest BCUT2D eigenvalue weighted by atomic mass is 35.5. The fraction of sp³-hybridized carbons (Fsp3) is 0.143. The van der Waals surface area contributed by atoms with E-state index in [4.69, 9.17) is 26.2 Å². The third-order valence-corrected chi connectivity index (χ3v) is 2.74. The average Bonchev–Trinajstić information content (AvgIpc) is 2.43. The van der Waals surface area contributed by atoms with E-state index in [2.05, 4.69) is 4.98 Å². The largest absolute Gasteiger partial charge is 0.479 e. The number of carbonyl (C=O) groups is 1. The van der Waals surface area contributed by atoms with E-state index in [0.717, 1.165) is 12.3 Å². The van der Waals surface area contributed by atoms with Crippen LogP contribution in [0, 0.1) is 5.82 Å². The van der Waals surface area contributed by atoms with Gasteiger partial charge in [-0.05, 0) is 37.3 Å². The summed E-state index contributed by atoms with van der Waals surface area (Å²) in [5.41, 5.74) is 0. The van der Waals surface area contributed by atoms with Gasteiger partial charge in [0.25, 0.3) is 0 Å². The minimum atomic E-state index is -1.06. The molecule has 1 unspecified atom stereocenters. The quantitative estimate of drug-likeness (QED) is 0.915. The lowest BCUT2D eigenvalue weighted by Gasteiger charge is -2.11. The summed E-state index contributed by atoms with van der Waals surface area (Å²) in [6.45, 7) is 1.43. The SMILES string of the molecule is CC(Oc1ccc(Oc2ncc(F)cc2Cl)cc1)C(=O)O. The van der Waals surface area contributed by atoms with E-state index >= 15 is 0 Å². The molecule has 5 nitrogen and oxygen atoms in total. The van der Waals surface area contributed by atoms with Crippen molar-refractivity contribution < 1.29 is 23.8 Å². The highest BCUT2D eigenvalue weighted by Gasteiger charge is 2.12. The molecule has 1 aromatic carbocycles. The molecule has 1 atom stereocenters. The van der Waals surface area contributed by atoms with Gasteiger partial charge in [0.15, 0.2) is 6.10 Å². The molecule has 1 aromatic heterocycles. The van der Waals surface area contributed by atoms with Gasteiger partial charge in [0.1, 0.15) is 22.3 Å². The van der Waals surface area contributed by atoms with Crippen molar-refractivity contribution in [2.24, 2.45) is 0 Å². The normalized spacial score (nSPS) is 11.8. The molecule has 2 aromatic rings. The van der Waals surface area contributed by atoms with Crippen LogP contribution >= 0.6 is 11.6 Å². The minimum Gasteiger partial charge on any atom is -0.479 e. The van der Waals surface area contributed by atoms with Crippen molar-refractivity contribution in [3.8, 4) is 17.4 Å². The van der Waals surface area contributed by atoms with Crippen molar-refractivity contribution in [1.82, 2.24) is 4.98 Å². The Kier molecular flexibility index (Phi) is 4.59. The summed E-state index contributed by atoms with van der Waals surface area (Å²) < 4.78 is 23.4. The van der Waals surface area contributed by atoms with E-state index in [1.165, 1.54) is 6.92 Å². The first-order valence-corrected chi connectivity index (χ1v) is 6.32. The van der Waals surface area contributed by atoms with Crippen molar-refractivity contribution in [3.63, 3.8) is 0 Å². The predicted molar refractivity (Wildman–Crippen MR) is 73.4 cm³/mol. The highest BCUT2D eigenvalue weighted by Crippen LogP contribution is 2.28. The molecule has 0 fully saturated rings. The molecule has 0 saturated carbocycles. The van der Waals surface area contributed by atoms with Crippen LogP contribution in [-0.4, -0.2) is 22.2 Å². The molecule has 1 N–H and O–H groups in total. The van der Waals surface area contributed by atoms with Crippen LogP contribution in [0.5, 0.6) is 17.4 Å². The Morgan fingerprint density at radius 1 is 1.33 bits per heavy atom. The molecule has 21 heavy (non-hydrogen) atoms. The number of nitrogens with zero attached hydrogens (tertiary/aromatic N) is 1. The first kappa shape index (κ1) is 15.1. The van der Waals surface area contributed by atoms with Crippen molar-refractivity contribution in [3.05, 3.63) is 47.4 Å². The first-order valence-electron chi connectivity index (χ1n) is 5.94. The first-order chi connectivity index (χ1) is 9.95. The second-order valence-corrected chi connectivity index (χ2v) is 4.52. The molecular weight excluding hydrogens is 301 g/mol. The van der Waals surface area contributed by atoms with Crippen LogP contribution in [-0.2, 0) is 4.79 Å². The van der Waals surface area contributed by atoms with Crippen LogP contribution in [0.3, 0.4) is 0 Å². The maximum Gasteiger partial charge on any atom is 0.344 e. The molecule has 0 spiro atoms. The molecule has 7 heteroatoms. The highest BCUT2D eigenvalue weighted by molar-refractivity contribution is 6.31. The molecule has 0 radical (unpaired) electrons. The van der Waals surface area contributed by atoms with E-state index in [1.54, 1.807) is 24.3 Å².